The third kappa shape index (κ3) is 5.50. The van der Waals surface area contributed by atoms with E-state index in [4.69, 9.17) is 0 Å². The Hall–Kier alpha value is -2.48. The number of hydrogen-bond donors (Lipinski definition) is 1. The van der Waals surface area contributed by atoms with Crippen LogP contribution in [0.1, 0.15) is 26.3 Å². The van der Waals surface area contributed by atoms with Crippen LogP contribution in [0, 0.1) is 11.6 Å². The lowest BCUT2D eigenvalue weighted by Crippen LogP contribution is -2.38. The van der Waals surface area contributed by atoms with Gasteiger partial charge in [-0.15, -0.1) is 0 Å². The summed E-state index contributed by atoms with van der Waals surface area (Å²) in [5.41, 5.74) is 1.13. The number of nitrogens with one attached hydrogen (secondary N) is 1. The van der Waals surface area contributed by atoms with E-state index in [9.17, 15) is 22.0 Å². The van der Waals surface area contributed by atoms with Crippen molar-refractivity contribution < 1.29 is 22.0 Å². The van der Waals surface area contributed by atoms with Crippen LogP contribution in [0.25, 0.3) is 0 Å². The summed E-state index contributed by atoms with van der Waals surface area (Å²) >= 11 is 0. The van der Waals surface area contributed by atoms with Crippen molar-refractivity contribution in [3.05, 3.63) is 59.7 Å². The number of anilines is 2. The van der Waals surface area contributed by atoms with E-state index in [1.807, 2.05) is 12.1 Å². The van der Waals surface area contributed by atoms with Gasteiger partial charge in [-0.2, -0.15) is 0 Å². The predicted molar refractivity (Wildman–Crippen MR) is 102 cm³/mol. The van der Waals surface area contributed by atoms with Crippen molar-refractivity contribution >= 4 is 27.3 Å². The van der Waals surface area contributed by atoms with Gasteiger partial charge in [0.25, 0.3) is 0 Å². The molecule has 146 valence electrons. The third-order valence-corrected chi connectivity index (χ3v) is 5.03. The molecule has 0 spiro atoms. The highest BCUT2D eigenvalue weighted by molar-refractivity contribution is 7.92. The summed E-state index contributed by atoms with van der Waals surface area (Å²) in [5.74, 6) is -2.55. The SMILES string of the molecule is CC(C)(C)c1ccc(NC(=O)CN(c2ccc(F)cc2F)S(C)(=O)=O)cc1. The topological polar surface area (TPSA) is 66.5 Å². The molecule has 1 N–H and O–H groups in total. The van der Waals surface area contributed by atoms with Gasteiger partial charge in [-0.3, -0.25) is 9.10 Å². The number of halogens is 2. The smallest absolute Gasteiger partial charge is 0.245 e. The zero-order valence-electron chi connectivity index (χ0n) is 15.6. The van der Waals surface area contributed by atoms with Crippen LogP contribution in [0.3, 0.4) is 0 Å². The fraction of sp³-hybridized carbons (Fsp3) is 0.316. The Morgan fingerprint density at radius 3 is 2.15 bits per heavy atom. The Morgan fingerprint density at radius 1 is 1.07 bits per heavy atom. The molecular formula is C19H22F2N2O3S. The Kier molecular flexibility index (Phi) is 5.89. The Labute approximate surface area is 158 Å². The molecule has 0 aromatic heterocycles. The highest BCUT2D eigenvalue weighted by Gasteiger charge is 2.24. The Bertz CT molecular complexity index is 936. The molecule has 0 heterocycles. The summed E-state index contributed by atoms with van der Waals surface area (Å²) in [6, 6.07) is 9.63. The summed E-state index contributed by atoms with van der Waals surface area (Å²) in [6.45, 7) is 5.54. The Balaban J connectivity index is 2.20. The number of carbonyl (C=O) groups is 1. The second-order valence-electron chi connectivity index (χ2n) is 7.24. The average molecular weight is 396 g/mol. The first kappa shape index (κ1) is 20.8. The minimum atomic E-state index is -3.96. The fourth-order valence-electron chi connectivity index (χ4n) is 2.45. The van der Waals surface area contributed by atoms with Gasteiger partial charge in [0.1, 0.15) is 18.2 Å². The molecule has 2 aromatic carbocycles. The molecule has 5 nitrogen and oxygen atoms in total. The van der Waals surface area contributed by atoms with Crippen molar-refractivity contribution in [2.45, 2.75) is 26.2 Å². The quantitative estimate of drug-likeness (QED) is 0.839. The lowest BCUT2D eigenvalue weighted by atomic mass is 9.87. The summed E-state index contributed by atoms with van der Waals surface area (Å²) in [6.07, 6.45) is 0.848. The van der Waals surface area contributed by atoms with Crippen molar-refractivity contribution in [2.75, 3.05) is 22.4 Å². The number of hydrogen-bond acceptors (Lipinski definition) is 3. The third-order valence-electron chi connectivity index (χ3n) is 3.90. The maximum absolute atomic E-state index is 14.0. The zero-order valence-corrected chi connectivity index (χ0v) is 16.4. The number of nitrogens with zero attached hydrogens (tertiary/aromatic N) is 1. The normalized spacial score (nSPS) is 11.9. The van der Waals surface area contributed by atoms with Crippen LogP contribution in [0.4, 0.5) is 20.2 Å². The molecule has 0 fully saturated rings. The van der Waals surface area contributed by atoms with Crippen LogP contribution in [-0.4, -0.2) is 27.1 Å². The lowest BCUT2D eigenvalue weighted by Gasteiger charge is -2.22. The van der Waals surface area contributed by atoms with Gasteiger partial charge in [-0.1, -0.05) is 32.9 Å². The molecule has 8 heteroatoms. The molecule has 0 aliphatic carbocycles. The van der Waals surface area contributed by atoms with Gasteiger partial charge in [-0.05, 0) is 35.2 Å². The van der Waals surface area contributed by atoms with Gasteiger partial charge in [0.05, 0.1) is 11.9 Å². The summed E-state index contributed by atoms with van der Waals surface area (Å²) in [7, 11) is -3.96. The van der Waals surface area contributed by atoms with Crippen LogP contribution >= 0.6 is 0 Å². The first-order valence-electron chi connectivity index (χ1n) is 8.21. The fourth-order valence-corrected chi connectivity index (χ4v) is 3.31. The minimum Gasteiger partial charge on any atom is -0.325 e. The van der Waals surface area contributed by atoms with E-state index >= 15 is 0 Å². The molecule has 2 aromatic rings. The van der Waals surface area contributed by atoms with Crippen molar-refractivity contribution in [3.8, 4) is 0 Å². The van der Waals surface area contributed by atoms with Gasteiger partial charge in [-0.25, -0.2) is 17.2 Å². The van der Waals surface area contributed by atoms with Crippen molar-refractivity contribution in [2.24, 2.45) is 0 Å². The number of benzene rings is 2. The molecule has 2 rings (SSSR count). The number of sulfonamides is 1. The van der Waals surface area contributed by atoms with E-state index in [0.717, 1.165) is 24.0 Å². The predicted octanol–water partition coefficient (Wildman–Crippen LogP) is 3.67. The van der Waals surface area contributed by atoms with Gasteiger partial charge >= 0.3 is 0 Å². The molecular weight excluding hydrogens is 374 g/mol. The minimum absolute atomic E-state index is 0.0459. The van der Waals surface area contributed by atoms with Crippen LogP contribution in [-0.2, 0) is 20.2 Å². The molecule has 0 aliphatic heterocycles. The molecule has 0 radical (unpaired) electrons. The first-order chi connectivity index (χ1) is 12.4. The summed E-state index contributed by atoms with van der Waals surface area (Å²) in [4.78, 5) is 12.3. The zero-order chi connectivity index (χ0) is 20.4. The highest BCUT2D eigenvalue weighted by atomic mass is 32.2. The van der Waals surface area contributed by atoms with Gasteiger partial charge in [0.15, 0.2) is 0 Å². The Morgan fingerprint density at radius 2 is 1.67 bits per heavy atom. The van der Waals surface area contributed by atoms with E-state index in [1.54, 1.807) is 12.1 Å². The number of amides is 1. The van der Waals surface area contributed by atoms with Crippen LogP contribution in [0.15, 0.2) is 42.5 Å². The van der Waals surface area contributed by atoms with E-state index in [-0.39, 0.29) is 5.41 Å². The number of rotatable bonds is 5. The van der Waals surface area contributed by atoms with Gasteiger partial charge in [0.2, 0.25) is 15.9 Å². The molecule has 0 saturated carbocycles. The maximum atomic E-state index is 14.0. The van der Waals surface area contributed by atoms with Crippen molar-refractivity contribution in [1.82, 2.24) is 0 Å². The molecule has 1 amide bonds. The average Bonchev–Trinajstić information content (AvgIpc) is 2.52. The second-order valence-corrected chi connectivity index (χ2v) is 9.15. The van der Waals surface area contributed by atoms with E-state index in [1.165, 1.54) is 0 Å². The first-order valence-corrected chi connectivity index (χ1v) is 10.1. The lowest BCUT2D eigenvalue weighted by molar-refractivity contribution is -0.114. The molecule has 0 atom stereocenters. The molecule has 0 unspecified atom stereocenters. The summed E-state index contributed by atoms with van der Waals surface area (Å²) < 4.78 is 51.7. The van der Waals surface area contributed by atoms with Gasteiger partial charge < -0.3 is 5.32 Å². The standard InChI is InChI=1S/C19H22F2N2O3S/c1-19(2,3)13-5-8-15(9-6-13)22-18(24)12-23(27(4,25)26)17-10-7-14(20)11-16(17)21/h5-11H,12H2,1-4H3,(H,22,24). The van der Waals surface area contributed by atoms with Crippen LogP contribution in [0.2, 0.25) is 0 Å². The van der Waals surface area contributed by atoms with Crippen LogP contribution in [0.5, 0.6) is 0 Å². The number of carbonyl (C=O) groups excluding carboxylic acids is 1. The van der Waals surface area contributed by atoms with Crippen LogP contribution < -0.4 is 9.62 Å². The van der Waals surface area contributed by atoms with E-state index in [0.29, 0.717) is 16.1 Å². The van der Waals surface area contributed by atoms with Crippen molar-refractivity contribution in [3.63, 3.8) is 0 Å². The molecule has 0 aliphatic rings. The molecule has 27 heavy (non-hydrogen) atoms. The van der Waals surface area contributed by atoms with Gasteiger partial charge in [0, 0.05) is 11.8 Å². The van der Waals surface area contributed by atoms with E-state index in [2.05, 4.69) is 26.1 Å². The summed E-state index contributed by atoms with van der Waals surface area (Å²) in [5, 5.41) is 2.58. The largest absolute Gasteiger partial charge is 0.325 e. The highest BCUT2D eigenvalue weighted by Crippen LogP contribution is 2.24. The van der Waals surface area contributed by atoms with Crippen molar-refractivity contribution in [1.29, 1.82) is 0 Å². The molecule has 0 saturated heterocycles. The molecule has 0 bridgehead atoms. The maximum Gasteiger partial charge on any atom is 0.245 e. The second kappa shape index (κ2) is 7.64. The van der Waals surface area contributed by atoms with E-state index < -0.39 is 39.8 Å². The monoisotopic (exact) mass is 396 g/mol.